The van der Waals surface area contributed by atoms with Crippen LogP contribution in [0.3, 0.4) is 0 Å². The molecule has 4 heteroatoms. The summed E-state index contributed by atoms with van der Waals surface area (Å²) in [5.41, 5.74) is 4.43. The SMILES string of the molecule is COc1ccc(-c2cnc(I)c(-c3ccc(OC)cc3)c2)cc1. The molecule has 116 valence electrons. The van der Waals surface area contributed by atoms with Crippen LogP contribution < -0.4 is 9.47 Å². The molecule has 3 aromatic rings. The Kier molecular flexibility index (Phi) is 4.81. The Bertz CT molecular complexity index is 799. The van der Waals surface area contributed by atoms with E-state index in [2.05, 4.69) is 45.8 Å². The summed E-state index contributed by atoms with van der Waals surface area (Å²) < 4.78 is 11.4. The summed E-state index contributed by atoms with van der Waals surface area (Å²) in [6.45, 7) is 0. The molecule has 0 aliphatic heterocycles. The van der Waals surface area contributed by atoms with Crippen LogP contribution in [0.1, 0.15) is 0 Å². The number of ether oxygens (including phenoxy) is 2. The third-order valence-corrected chi connectivity index (χ3v) is 4.52. The largest absolute Gasteiger partial charge is 0.497 e. The van der Waals surface area contributed by atoms with E-state index in [0.717, 1.165) is 37.5 Å². The minimum atomic E-state index is 0.850. The van der Waals surface area contributed by atoms with Crippen molar-refractivity contribution >= 4 is 22.6 Å². The van der Waals surface area contributed by atoms with Gasteiger partial charge in [-0.2, -0.15) is 0 Å². The monoisotopic (exact) mass is 417 g/mol. The Morgan fingerprint density at radius 3 is 1.78 bits per heavy atom. The summed E-state index contributed by atoms with van der Waals surface area (Å²) in [6, 6.07) is 18.2. The second kappa shape index (κ2) is 7.00. The van der Waals surface area contributed by atoms with Crippen LogP contribution in [-0.4, -0.2) is 19.2 Å². The Morgan fingerprint density at radius 2 is 1.26 bits per heavy atom. The van der Waals surface area contributed by atoms with Crippen LogP contribution in [0.4, 0.5) is 0 Å². The molecular formula is C19H16INO2. The number of hydrogen-bond donors (Lipinski definition) is 0. The molecule has 0 aliphatic rings. The smallest absolute Gasteiger partial charge is 0.118 e. The summed E-state index contributed by atoms with van der Waals surface area (Å²) in [7, 11) is 3.34. The molecule has 0 aliphatic carbocycles. The van der Waals surface area contributed by atoms with Gasteiger partial charge in [-0.3, -0.25) is 0 Å². The van der Waals surface area contributed by atoms with Crippen LogP contribution in [0.5, 0.6) is 11.5 Å². The van der Waals surface area contributed by atoms with Crippen molar-refractivity contribution in [2.24, 2.45) is 0 Å². The first-order valence-electron chi connectivity index (χ1n) is 7.15. The Hall–Kier alpha value is -2.08. The highest BCUT2D eigenvalue weighted by Gasteiger charge is 2.08. The van der Waals surface area contributed by atoms with Crippen LogP contribution in [-0.2, 0) is 0 Å². The van der Waals surface area contributed by atoms with E-state index in [0.29, 0.717) is 0 Å². The van der Waals surface area contributed by atoms with Crippen LogP contribution in [0, 0.1) is 3.70 Å². The van der Waals surface area contributed by atoms with E-state index in [9.17, 15) is 0 Å². The highest BCUT2D eigenvalue weighted by atomic mass is 127. The van der Waals surface area contributed by atoms with Gasteiger partial charge in [0, 0.05) is 17.3 Å². The molecule has 23 heavy (non-hydrogen) atoms. The van der Waals surface area contributed by atoms with Crippen LogP contribution >= 0.6 is 22.6 Å². The van der Waals surface area contributed by atoms with Crippen LogP contribution in [0.2, 0.25) is 0 Å². The van der Waals surface area contributed by atoms with Crippen LogP contribution in [0.15, 0.2) is 60.8 Å². The first-order chi connectivity index (χ1) is 11.2. The molecule has 0 atom stereocenters. The number of benzene rings is 2. The van der Waals surface area contributed by atoms with Crippen molar-refractivity contribution in [3.63, 3.8) is 0 Å². The van der Waals surface area contributed by atoms with Crippen molar-refractivity contribution in [3.8, 4) is 33.8 Å². The fraction of sp³-hybridized carbons (Fsp3) is 0.105. The predicted molar refractivity (Wildman–Crippen MR) is 101 cm³/mol. The maximum atomic E-state index is 5.22. The molecule has 0 amide bonds. The second-order valence-electron chi connectivity index (χ2n) is 5.02. The van der Waals surface area contributed by atoms with Gasteiger partial charge < -0.3 is 9.47 Å². The summed E-state index contributed by atoms with van der Waals surface area (Å²) >= 11 is 2.27. The Balaban J connectivity index is 2.00. The van der Waals surface area contributed by atoms with E-state index >= 15 is 0 Å². The van der Waals surface area contributed by atoms with Crippen molar-refractivity contribution in [1.82, 2.24) is 4.98 Å². The van der Waals surface area contributed by atoms with Crippen molar-refractivity contribution in [3.05, 3.63) is 64.5 Å². The zero-order valence-corrected chi connectivity index (χ0v) is 15.1. The lowest BCUT2D eigenvalue weighted by Gasteiger charge is -2.09. The maximum Gasteiger partial charge on any atom is 0.118 e. The summed E-state index contributed by atoms with van der Waals surface area (Å²) in [4.78, 5) is 4.54. The fourth-order valence-electron chi connectivity index (χ4n) is 2.36. The quantitative estimate of drug-likeness (QED) is 0.441. The van der Waals surface area contributed by atoms with Gasteiger partial charge in [0.25, 0.3) is 0 Å². The summed E-state index contributed by atoms with van der Waals surface area (Å²) in [5, 5.41) is 0. The molecule has 1 aromatic heterocycles. The predicted octanol–water partition coefficient (Wildman–Crippen LogP) is 5.04. The molecule has 0 N–H and O–H groups in total. The molecule has 0 radical (unpaired) electrons. The average Bonchev–Trinajstić information content (AvgIpc) is 2.62. The third kappa shape index (κ3) is 3.47. The van der Waals surface area contributed by atoms with Gasteiger partial charge in [0.2, 0.25) is 0 Å². The molecule has 3 rings (SSSR count). The summed E-state index contributed by atoms with van der Waals surface area (Å²) in [6.07, 6.45) is 1.90. The Labute approximate surface area is 149 Å². The number of aromatic nitrogens is 1. The van der Waals surface area contributed by atoms with Crippen molar-refractivity contribution < 1.29 is 9.47 Å². The molecular weight excluding hydrogens is 401 g/mol. The van der Waals surface area contributed by atoms with Gasteiger partial charge in [0.15, 0.2) is 0 Å². The van der Waals surface area contributed by atoms with Gasteiger partial charge in [-0.05, 0) is 64.0 Å². The maximum absolute atomic E-state index is 5.22. The first kappa shape index (κ1) is 15.8. The molecule has 3 nitrogen and oxygen atoms in total. The molecule has 0 saturated heterocycles. The van der Waals surface area contributed by atoms with Gasteiger partial charge >= 0.3 is 0 Å². The number of halogens is 1. The van der Waals surface area contributed by atoms with Crippen LogP contribution in [0.25, 0.3) is 22.3 Å². The van der Waals surface area contributed by atoms with Gasteiger partial charge in [0.05, 0.1) is 14.2 Å². The highest BCUT2D eigenvalue weighted by Crippen LogP contribution is 2.30. The van der Waals surface area contributed by atoms with E-state index in [1.54, 1.807) is 14.2 Å². The van der Waals surface area contributed by atoms with Crippen molar-refractivity contribution in [2.45, 2.75) is 0 Å². The lowest BCUT2D eigenvalue weighted by atomic mass is 10.0. The number of hydrogen-bond acceptors (Lipinski definition) is 3. The minimum absolute atomic E-state index is 0.850. The lowest BCUT2D eigenvalue weighted by Crippen LogP contribution is -1.90. The molecule has 0 spiro atoms. The normalized spacial score (nSPS) is 10.4. The standard InChI is InChI=1S/C19H16INO2/c1-22-16-7-3-13(4-8-16)15-11-18(19(20)21-12-15)14-5-9-17(23-2)10-6-14/h3-12H,1-2H3. The fourth-order valence-corrected chi connectivity index (χ4v) is 2.97. The third-order valence-electron chi connectivity index (χ3n) is 3.66. The second-order valence-corrected chi connectivity index (χ2v) is 6.04. The van der Waals surface area contributed by atoms with E-state index in [1.165, 1.54) is 0 Å². The highest BCUT2D eigenvalue weighted by molar-refractivity contribution is 14.1. The summed E-state index contributed by atoms with van der Waals surface area (Å²) in [5.74, 6) is 1.70. The van der Waals surface area contributed by atoms with Gasteiger partial charge in [-0.1, -0.05) is 24.3 Å². The topological polar surface area (TPSA) is 31.4 Å². The molecule has 0 saturated carbocycles. The average molecular weight is 417 g/mol. The molecule has 2 aromatic carbocycles. The van der Waals surface area contributed by atoms with E-state index < -0.39 is 0 Å². The zero-order chi connectivity index (χ0) is 16.2. The molecule has 1 heterocycles. The van der Waals surface area contributed by atoms with Gasteiger partial charge in [0.1, 0.15) is 15.2 Å². The number of rotatable bonds is 4. The number of methoxy groups -OCH3 is 2. The number of pyridine rings is 1. The number of nitrogens with zero attached hydrogens (tertiary/aromatic N) is 1. The van der Waals surface area contributed by atoms with Gasteiger partial charge in [-0.25, -0.2) is 4.98 Å². The zero-order valence-electron chi connectivity index (χ0n) is 12.9. The van der Waals surface area contributed by atoms with Gasteiger partial charge in [-0.15, -0.1) is 0 Å². The molecule has 0 unspecified atom stereocenters. The molecule has 0 bridgehead atoms. The van der Waals surface area contributed by atoms with E-state index in [4.69, 9.17) is 9.47 Å². The van der Waals surface area contributed by atoms with E-state index in [-0.39, 0.29) is 0 Å². The Morgan fingerprint density at radius 1 is 0.739 bits per heavy atom. The first-order valence-corrected chi connectivity index (χ1v) is 8.23. The minimum Gasteiger partial charge on any atom is -0.497 e. The van der Waals surface area contributed by atoms with Crippen molar-refractivity contribution in [2.75, 3.05) is 14.2 Å². The molecule has 0 fully saturated rings. The van der Waals surface area contributed by atoms with E-state index in [1.807, 2.05) is 42.6 Å². The lowest BCUT2D eigenvalue weighted by molar-refractivity contribution is 0.415. The van der Waals surface area contributed by atoms with Crippen molar-refractivity contribution in [1.29, 1.82) is 0 Å².